The van der Waals surface area contributed by atoms with Crippen LogP contribution in [-0.2, 0) is 27.9 Å². The summed E-state index contributed by atoms with van der Waals surface area (Å²) in [7, 11) is 1.38. The van der Waals surface area contributed by atoms with E-state index in [2.05, 4.69) is 13.8 Å². The quantitative estimate of drug-likeness (QED) is 0.0199. The molecule has 2 atom stereocenters. The Morgan fingerprint density at radius 3 is 1.35 bits per heavy atom. The minimum absolute atomic E-state index is 0.0309. The summed E-state index contributed by atoms with van der Waals surface area (Å²) in [5, 5.41) is 0. The number of phosphoric ester groups is 1. The zero-order valence-corrected chi connectivity index (χ0v) is 38.0. The SMILES string of the molecule is CCCCCCCCCCCCCC/C=C\OC(COC(=O)CCCCCCCCCCCCCCCCCCCCC)COP(=O)([O-])OCC[N+](C)(C)C. The van der Waals surface area contributed by atoms with Gasteiger partial charge in [-0.15, -0.1) is 0 Å². The summed E-state index contributed by atoms with van der Waals surface area (Å²) in [6.45, 7) is 4.75. The molecular weight excluding hydrogens is 709 g/mol. The van der Waals surface area contributed by atoms with Gasteiger partial charge in [-0.3, -0.25) is 9.36 Å². The average Bonchev–Trinajstić information content (AvgIpc) is 3.14. The normalized spacial score (nSPS) is 13.7. The number of likely N-dealkylation sites (N-methyl/N-ethyl adjacent to an activating group) is 1. The molecule has 0 radical (unpaired) electrons. The van der Waals surface area contributed by atoms with E-state index in [0.717, 1.165) is 32.1 Å². The van der Waals surface area contributed by atoms with Gasteiger partial charge >= 0.3 is 5.97 Å². The fourth-order valence-electron chi connectivity index (χ4n) is 6.71. The zero-order chi connectivity index (χ0) is 40.6. The van der Waals surface area contributed by atoms with Gasteiger partial charge in [-0.25, -0.2) is 0 Å². The predicted molar refractivity (Wildman–Crippen MR) is 231 cm³/mol. The maximum Gasteiger partial charge on any atom is 0.305 e. The Balaban J connectivity index is 4.16. The van der Waals surface area contributed by atoms with Crippen molar-refractivity contribution in [2.45, 2.75) is 232 Å². The standard InChI is InChI=1S/C46H92NO7P/c1-6-8-10-12-14-16-18-20-22-23-24-25-26-27-29-31-33-35-37-39-46(48)52-43-45(44-54-55(49,50)53-42-40-47(3,4)5)51-41-38-36-34-32-30-28-21-19-17-15-13-11-9-7-2/h38,41,45H,6-37,39-40,42-44H2,1-5H3/b41-38-. The number of rotatable bonds is 44. The van der Waals surface area contributed by atoms with Gasteiger partial charge in [-0.05, 0) is 25.3 Å². The monoisotopic (exact) mass is 802 g/mol. The molecule has 328 valence electrons. The van der Waals surface area contributed by atoms with Crippen LogP contribution in [0.15, 0.2) is 12.3 Å². The molecule has 0 heterocycles. The summed E-state index contributed by atoms with van der Waals surface area (Å²) >= 11 is 0. The molecule has 0 fully saturated rings. The van der Waals surface area contributed by atoms with Gasteiger partial charge in [-0.1, -0.05) is 200 Å². The summed E-state index contributed by atoms with van der Waals surface area (Å²) in [6, 6.07) is 0. The van der Waals surface area contributed by atoms with Crippen molar-refractivity contribution in [3.8, 4) is 0 Å². The van der Waals surface area contributed by atoms with Crippen molar-refractivity contribution in [2.75, 3.05) is 47.5 Å². The van der Waals surface area contributed by atoms with Gasteiger partial charge in [0.1, 0.15) is 19.8 Å². The van der Waals surface area contributed by atoms with Gasteiger partial charge in [-0.2, -0.15) is 0 Å². The molecule has 0 aromatic carbocycles. The van der Waals surface area contributed by atoms with Crippen molar-refractivity contribution in [1.29, 1.82) is 0 Å². The lowest BCUT2D eigenvalue weighted by molar-refractivity contribution is -0.870. The van der Waals surface area contributed by atoms with Gasteiger partial charge in [0.05, 0.1) is 34.0 Å². The predicted octanol–water partition coefficient (Wildman–Crippen LogP) is 13.5. The highest BCUT2D eigenvalue weighted by atomic mass is 31.2. The fourth-order valence-corrected chi connectivity index (χ4v) is 7.44. The molecule has 0 N–H and O–H groups in total. The summed E-state index contributed by atoms with van der Waals surface area (Å²) in [6.07, 6.45) is 44.7. The van der Waals surface area contributed by atoms with Crippen LogP contribution in [0, 0.1) is 0 Å². The second kappa shape index (κ2) is 39.9. The Labute approximate surface area is 341 Å². The van der Waals surface area contributed by atoms with E-state index in [-0.39, 0.29) is 25.8 Å². The lowest BCUT2D eigenvalue weighted by atomic mass is 10.0. The number of phosphoric acid groups is 1. The lowest BCUT2D eigenvalue weighted by Gasteiger charge is -2.28. The summed E-state index contributed by atoms with van der Waals surface area (Å²) in [4.78, 5) is 24.9. The van der Waals surface area contributed by atoms with E-state index < -0.39 is 13.9 Å². The highest BCUT2D eigenvalue weighted by Gasteiger charge is 2.19. The minimum atomic E-state index is -4.51. The molecule has 0 aromatic rings. The molecule has 0 aromatic heterocycles. The average molecular weight is 802 g/mol. The largest absolute Gasteiger partial charge is 0.756 e. The molecule has 9 heteroatoms. The highest BCUT2D eigenvalue weighted by molar-refractivity contribution is 7.45. The second-order valence-corrected chi connectivity index (χ2v) is 18.6. The van der Waals surface area contributed by atoms with Crippen LogP contribution in [0.1, 0.15) is 226 Å². The smallest absolute Gasteiger partial charge is 0.305 e. The Morgan fingerprint density at radius 2 is 0.945 bits per heavy atom. The van der Waals surface area contributed by atoms with Crippen molar-refractivity contribution in [2.24, 2.45) is 0 Å². The fraction of sp³-hybridized carbons (Fsp3) is 0.935. The molecule has 0 aliphatic rings. The van der Waals surface area contributed by atoms with Crippen molar-refractivity contribution in [3.63, 3.8) is 0 Å². The first kappa shape index (κ1) is 54.1. The molecule has 0 bridgehead atoms. The summed E-state index contributed by atoms with van der Waals surface area (Å²) in [5.41, 5.74) is 0. The van der Waals surface area contributed by atoms with E-state index in [1.807, 2.05) is 27.2 Å². The van der Waals surface area contributed by atoms with Crippen LogP contribution >= 0.6 is 7.82 Å². The van der Waals surface area contributed by atoms with Crippen LogP contribution in [0.5, 0.6) is 0 Å². The summed E-state index contributed by atoms with van der Waals surface area (Å²) < 4.78 is 34.4. The topological polar surface area (TPSA) is 94.1 Å². The first-order chi connectivity index (χ1) is 26.6. The molecule has 0 saturated carbocycles. The van der Waals surface area contributed by atoms with Crippen molar-refractivity contribution in [3.05, 3.63) is 12.3 Å². The van der Waals surface area contributed by atoms with Crippen molar-refractivity contribution < 1.29 is 37.3 Å². The summed E-state index contributed by atoms with van der Waals surface area (Å²) in [5.74, 6) is -0.287. The van der Waals surface area contributed by atoms with Crippen LogP contribution < -0.4 is 4.89 Å². The van der Waals surface area contributed by atoms with Crippen LogP contribution in [0.3, 0.4) is 0 Å². The van der Waals surface area contributed by atoms with E-state index in [1.165, 1.54) is 173 Å². The number of hydrogen-bond donors (Lipinski definition) is 0. The van der Waals surface area contributed by atoms with Gasteiger partial charge < -0.3 is 27.9 Å². The number of carbonyl (C=O) groups excluding carboxylic acids is 1. The van der Waals surface area contributed by atoms with E-state index in [9.17, 15) is 14.3 Å². The first-order valence-corrected chi connectivity index (χ1v) is 24.9. The van der Waals surface area contributed by atoms with E-state index >= 15 is 0 Å². The van der Waals surface area contributed by atoms with E-state index in [0.29, 0.717) is 17.4 Å². The molecule has 8 nitrogen and oxygen atoms in total. The van der Waals surface area contributed by atoms with Crippen LogP contribution in [-0.4, -0.2) is 64.1 Å². The third-order valence-electron chi connectivity index (χ3n) is 10.4. The Hall–Kier alpha value is -0.920. The minimum Gasteiger partial charge on any atom is -0.756 e. The number of carbonyl (C=O) groups is 1. The van der Waals surface area contributed by atoms with Gasteiger partial charge in [0.2, 0.25) is 0 Å². The second-order valence-electron chi connectivity index (χ2n) is 17.2. The number of allylic oxidation sites excluding steroid dienone is 1. The van der Waals surface area contributed by atoms with Gasteiger partial charge in [0, 0.05) is 6.42 Å². The van der Waals surface area contributed by atoms with Crippen molar-refractivity contribution in [1.82, 2.24) is 0 Å². The number of ether oxygens (including phenoxy) is 2. The van der Waals surface area contributed by atoms with Crippen LogP contribution in [0.2, 0.25) is 0 Å². The molecule has 0 aliphatic heterocycles. The number of nitrogens with zero attached hydrogens (tertiary/aromatic N) is 1. The Bertz CT molecular complexity index is 894. The lowest BCUT2D eigenvalue weighted by Crippen LogP contribution is -2.37. The van der Waals surface area contributed by atoms with E-state index in [1.54, 1.807) is 6.26 Å². The molecule has 2 unspecified atom stereocenters. The number of quaternary nitrogens is 1. The maximum absolute atomic E-state index is 12.5. The molecule has 0 rings (SSSR count). The molecule has 0 aliphatic carbocycles. The molecule has 55 heavy (non-hydrogen) atoms. The molecule has 0 spiro atoms. The van der Waals surface area contributed by atoms with E-state index in [4.69, 9.17) is 18.5 Å². The van der Waals surface area contributed by atoms with Crippen molar-refractivity contribution >= 4 is 13.8 Å². The Kier molecular flexibility index (Phi) is 39.2. The third kappa shape index (κ3) is 44.0. The molecular formula is C46H92NO7P. The van der Waals surface area contributed by atoms with Crippen LogP contribution in [0.25, 0.3) is 0 Å². The number of unbranched alkanes of at least 4 members (excludes halogenated alkanes) is 30. The number of hydrogen-bond acceptors (Lipinski definition) is 7. The highest BCUT2D eigenvalue weighted by Crippen LogP contribution is 2.38. The van der Waals surface area contributed by atoms with Crippen LogP contribution in [0.4, 0.5) is 0 Å². The molecule has 0 saturated heterocycles. The first-order valence-electron chi connectivity index (χ1n) is 23.5. The van der Waals surface area contributed by atoms with Gasteiger partial charge in [0.15, 0.2) is 6.10 Å². The maximum atomic E-state index is 12.5. The third-order valence-corrected chi connectivity index (χ3v) is 11.4. The Morgan fingerprint density at radius 1 is 0.564 bits per heavy atom. The zero-order valence-electron chi connectivity index (χ0n) is 37.1. The number of esters is 1. The van der Waals surface area contributed by atoms with Gasteiger partial charge in [0.25, 0.3) is 7.82 Å². The molecule has 0 amide bonds.